The van der Waals surface area contributed by atoms with Gasteiger partial charge in [-0.25, -0.2) is 0 Å². The molecule has 0 N–H and O–H groups in total. The number of hydrogen-bond acceptors (Lipinski definition) is 3. The van der Waals surface area contributed by atoms with Crippen LogP contribution in [0.3, 0.4) is 0 Å². The van der Waals surface area contributed by atoms with Gasteiger partial charge >= 0.3 is 0 Å². The second kappa shape index (κ2) is 5.58. The molecule has 1 aromatic rings. The van der Waals surface area contributed by atoms with E-state index >= 15 is 0 Å². The molecule has 0 radical (unpaired) electrons. The summed E-state index contributed by atoms with van der Waals surface area (Å²) in [6.07, 6.45) is 0. The van der Waals surface area contributed by atoms with Crippen LogP contribution in [0.4, 0.5) is 5.69 Å². The Morgan fingerprint density at radius 3 is 2.75 bits per heavy atom. The van der Waals surface area contributed by atoms with Gasteiger partial charge in [0.25, 0.3) is 0 Å². The molecule has 0 aliphatic carbocycles. The van der Waals surface area contributed by atoms with Crippen LogP contribution in [-0.2, 0) is 4.74 Å². The van der Waals surface area contributed by atoms with Crippen LogP contribution in [-0.4, -0.2) is 31.3 Å². The van der Waals surface area contributed by atoms with Gasteiger partial charge in [-0.2, -0.15) is 0 Å². The molecule has 0 bridgehead atoms. The van der Waals surface area contributed by atoms with Crippen LogP contribution < -0.4 is 0 Å². The van der Waals surface area contributed by atoms with Gasteiger partial charge in [0.05, 0.1) is 32.0 Å². The Bertz CT molecular complexity index is 389. The van der Waals surface area contributed by atoms with Crippen molar-refractivity contribution < 1.29 is 4.74 Å². The summed E-state index contributed by atoms with van der Waals surface area (Å²) < 4.78 is 6.47. The van der Waals surface area contributed by atoms with Gasteiger partial charge in [-0.15, -0.1) is 5.11 Å². The van der Waals surface area contributed by atoms with Gasteiger partial charge < -0.3 is 4.74 Å². The maximum absolute atomic E-state index is 5.25. The van der Waals surface area contributed by atoms with Crippen LogP contribution in [0.5, 0.6) is 0 Å². The molecule has 1 saturated heterocycles. The van der Waals surface area contributed by atoms with Gasteiger partial charge in [0.15, 0.2) is 0 Å². The number of ether oxygens (including phenoxy) is 1. The first-order valence-corrected chi connectivity index (χ1v) is 6.34. The molecule has 0 amide bonds. The zero-order valence-corrected chi connectivity index (χ0v) is 11.3. The number of rotatable bonds is 2. The number of hydrogen-bond donors (Lipinski definition) is 0. The first kappa shape index (κ1) is 11.8. The number of nitrogens with zero attached hydrogens (tertiary/aromatic N) is 3. The monoisotopic (exact) mass is 331 g/mol. The van der Waals surface area contributed by atoms with Crippen LogP contribution in [0.25, 0.3) is 0 Å². The fraction of sp³-hybridized carbons (Fsp3) is 0.455. The first-order valence-electron chi connectivity index (χ1n) is 5.26. The fourth-order valence-corrected chi connectivity index (χ4v) is 2.13. The molecule has 1 aromatic carbocycles. The number of morpholine rings is 1. The maximum Gasteiger partial charge on any atom is 0.0904 e. The highest BCUT2D eigenvalue weighted by molar-refractivity contribution is 14.1. The molecule has 0 atom stereocenters. The summed E-state index contributed by atoms with van der Waals surface area (Å²) in [5.41, 5.74) is 2.09. The topological polar surface area (TPSA) is 37.2 Å². The highest BCUT2D eigenvalue weighted by atomic mass is 127. The average Bonchev–Trinajstić information content (AvgIpc) is 2.29. The highest BCUT2D eigenvalue weighted by Gasteiger charge is 2.07. The molecule has 1 heterocycles. The van der Waals surface area contributed by atoms with Crippen LogP contribution in [0.2, 0.25) is 0 Å². The van der Waals surface area contributed by atoms with Crippen LogP contribution in [0.15, 0.2) is 28.5 Å². The van der Waals surface area contributed by atoms with Crippen molar-refractivity contribution in [3.63, 3.8) is 0 Å². The summed E-state index contributed by atoms with van der Waals surface area (Å²) in [6, 6.07) is 6.15. The van der Waals surface area contributed by atoms with E-state index in [1.165, 1.54) is 3.57 Å². The van der Waals surface area contributed by atoms with Crippen LogP contribution in [0, 0.1) is 10.5 Å². The summed E-state index contributed by atoms with van der Waals surface area (Å²) in [7, 11) is 0. The minimum Gasteiger partial charge on any atom is -0.378 e. The molecule has 5 heteroatoms. The zero-order valence-electron chi connectivity index (χ0n) is 9.19. The van der Waals surface area contributed by atoms with E-state index in [2.05, 4.69) is 45.9 Å². The Morgan fingerprint density at radius 2 is 2.06 bits per heavy atom. The van der Waals surface area contributed by atoms with Crippen molar-refractivity contribution in [3.05, 3.63) is 27.3 Å². The summed E-state index contributed by atoms with van der Waals surface area (Å²) in [5, 5.41) is 10.4. The third-order valence-electron chi connectivity index (χ3n) is 2.43. The highest BCUT2D eigenvalue weighted by Crippen LogP contribution is 2.21. The molecule has 0 saturated carbocycles. The van der Waals surface area contributed by atoms with Gasteiger partial charge in [0, 0.05) is 3.57 Å². The molecule has 1 aliphatic rings. The normalized spacial score (nSPS) is 17.0. The van der Waals surface area contributed by atoms with E-state index in [1.54, 1.807) is 0 Å². The third kappa shape index (κ3) is 3.15. The Kier molecular flexibility index (Phi) is 4.11. The molecule has 4 nitrogen and oxygen atoms in total. The second-order valence-corrected chi connectivity index (χ2v) is 4.93. The van der Waals surface area contributed by atoms with E-state index in [1.807, 2.05) is 17.1 Å². The van der Waals surface area contributed by atoms with Crippen molar-refractivity contribution in [2.45, 2.75) is 6.92 Å². The van der Waals surface area contributed by atoms with Crippen LogP contribution >= 0.6 is 22.6 Å². The summed E-state index contributed by atoms with van der Waals surface area (Å²) in [6.45, 7) is 5.19. The lowest BCUT2D eigenvalue weighted by Crippen LogP contribution is -2.31. The SMILES string of the molecule is Cc1cc(I)ccc1N=NN1CCOCC1. The number of benzene rings is 1. The second-order valence-electron chi connectivity index (χ2n) is 3.69. The van der Waals surface area contributed by atoms with E-state index < -0.39 is 0 Å². The molecule has 2 rings (SSSR count). The summed E-state index contributed by atoms with van der Waals surface area (Å²) in [4.78, 5) is 0. The first-order chi connectivity index (χ1) is 7.75. The lowest BCUT2D eigenvalue weighted by atomic mass is 10.2. The molecule has 1 aliphatic heterocycles. The van der Waals surface area contributed by atoms with Crippen molar-refractivity contribution in [1.82, 2.24) is 5.01 Å². The Labute approximate surface area is 109 Å². The van der Waals surface area contributed by atoms with E-state index in [0.717, 1.165) is 37.6 Å². The van der Waals surface area contributed by atoms with E-state index in [9.17, 15) is 0 Å². The molecule has 1 fully saturated rings. The lowest BCUT2D eigenvalue weighted by Gasteiger charge is -2.22. The average molecular weight is 331 g/mol. The molecule has 16 heavy (non-hydrogen) atoms. The third-order valence-corrected chi connectivity index (χ3v) is 3.10. The molecule has 0 spiro atoms. The number of aryl methyl sites for hydroxylation is 1. The Morgan fingerprint density at radius 1 is 1.31 bits per heavy atom. The van der Waals surface area contributed by atoms with Crippen molar-refractivity contribution >= 4 is 28.3 Å². The molecule has 0 unspecified atom stereocenters. The lowest BCUT2D eigenvalue weighted by molar-refractivity contribution is 0.0353. The Balaban J connectivity index is 2.04. The minimum atomic E-state index is 0.741. The maximum atomic E-state index is 5.25. The zero-order chi connectivity index (χ0) is 11.4. The van der Waals surface area contributed by atoms with Crippen molar-refractivity contribution in [1.29, 1.82) is 0 Å². The molecule has 0 aromatic heterocycles. The summed E-state index contributed by atoms with van der Waals surface area (Å²) in [5.74, 6) is 0. The van der Waals surface area contributed by atoms with Gasteiger partial charge in [-0.1, -0.05) is 5.22 Å². The van der Waals surface area contributed by atoms with Gasteiger partial charge in [-0.3, -0.25) is 5.01 Å². The van der Waals surface area contributed by atoms with Crippen molar-refractivity contribution in [2.75, 3.05) is 26.3 Å². The largest absolute Gasteiger partial charge is 0.378 e. The molecular formula is C11H14IN3O. The molecule has 86 valence electrons. The smallest absolute Gasteiger partial charge is 0.0904 e. The van der Waals surface area contributed by atoms with Crippen molar-refractivity contribution in [2.24, 2.45) is 10.3 Å². The van der Waals surface area contributed by atoms with E-state index in [-0.39, 0.29) is 0 Å². The predicted octanol–water partition coefficient (Wildman–Crippen LogP) is 2.93. The van der Waals surface area contributed by atoms with Crippen molar-refractivity contribution in [3.8, 4) is 0 Å². The molecular weight excluding hydrogens is 317 g/mol. The van der Waals surface area contributed by atoms with Crippen LogP contribution in [0.1, 0.15) is 5.56 Å². The minimum absolute atomic E-state index is 0.741. The van der Waals surface area contributed by atoms with E-state index in [4.69, 9.17) is 4.74 Å². The van der Waals surface area contributed by atoms with Gasteiger partial charge in [0.1, 0.15) is 0 Å². The Hall–Kier alpha value is -0.690. The number of halogens is 1. The standard InChI is InChI=1S/C11H14IN3O/c1-9-8-10(12)2-3-11(9)13-14-15-4-6-16-7-5-15/h2-3,8H,4-7H2,1H3. The predicted molar refractivity (Wildman–Crippen MR) is 70.8 cm³/mol. The quantitative estimate of drug-likeness (QED) is 0.617. The van der Waals surface area contributed by atoms with Gasteiger partial charge in [0.2, 0.25) is 0 Å². The summed E-state index contributed by atoms with van der Waals surface area (Å²) >= 11 is 2.29. The fourth-order valence-electron chi connectivity index (χ4n) is 1.49. The van der Waals surface area contributed by atoms with Gasteiger partial charge in [-0.05, 0) is 53.3 Å². The van der Waals surface area contributed by atoms with E-state index in [0.29, 0.717) is 0 Å².